The highest BCUT2D eigenvalue weighted by atomic mass is 32.1. The normalized spacial score (nSPS) is 17.7. The fourth-order valence-corrected chi connectivity index (χ4v) is 4.90. The SMILES string of the molecule is Cc1ccc(N2CCN(C(=O)c3cc4c(s3)CCCC4)CC2)cc1. The first-order chi connectivity index (χ1) is 11.7. The van der Waals surface area contributed by atoms with Gasteiger partial charge in [0.15, 0.2) is 0 Å². The lowest BCUT2D eigenvalue weighted by atomic mass is 9.99. The molecule has 0 atom stereocenters. The van der Waals surface area contributed by atoms with Gasteiger partial charge in [-0.2, -0.15) is 0 Å². The number of nitrogens with zero attached hydrogens (tertiary/aromatic N) is 2. The molecule has 2 aliphatic rings. The van der Waals surface area contributed by atoms with Crippen molar-refractivity contribution in [2.75, 3.05) is 31.1 Å². The maximum absolute atomic E-state index is 12.8. The predicted octanol–water partition coefficient (Wildman–Crippen LogP) is 3.90. The topological polar surface area (TPSA) is 23.6 Å². The molecule has 1 amide bonds. The average molecular weight is 340 g/mol. The second kappa shape index (κ2) is 6.60. The first-order valence-electron chi connectivity index (χ1n) is 8.93. The molecule has 1 aromatic heterocycles. The molecule has 126 valence electrons. The molecule has 1 saturated heterocycles. The number of carbonyl (C=O) groups is 1. The minimum Gasteiger partial charge on any atom is -0.368 e. The molecule has 0 saturated carbocycles. The van der Waals surface area contributed by atoms with Crippen LogP contribution in [0.1, 0.15) is 38.5 Å². The van der Waals surface area contributed by atoms with E-state index in [1.165, 1.54) is 34.5 Å². The van der Waals surface area contributed by atoms with Crippen LogP contribution in [0.4, 0.5) is 5.69 Å². The molecule has 2 heterocycles. The van der Waals surface area contributed by atoms with Crippen LogP contribution >= 0.6 is 11.3 Å². The van der Waals surface area contributed by atoms with E-state index in [0.29, 0.717) is 0 Å². The molecule has 3 nitrogen and oxygen atoms in total. The minimum atomic E-state index is 0.234. The number of hydrogen-bond acceptors (Lipinski definition) is 3. The van der Waals surface area contributed by atoms with Crippen LogP contribution in [0.25, 0.3) is 0 Å². The molecule has 2 aromatic rings. The molecule has 24 heavy (non-hydrogen) atoms. The van der Waals surface area contributed by atoms with Crippen LogP contribution in [0.3, 0.4) is 0 Å². The van der Waals surface area contributed by atoms with Crippen LogP contribution in [0, 0.1) is 6.92 Å². The Morgan fingerprint density at radius 2 is 1.71 bits per heavy atom. The summed E-state index contributed by atoms with van der Waals surface area (Å²) in [7, 11) is 0. The summed E-state index contributed by atoms with van der Waals surface area (Å²) in [6, 6.07) is 10.8. The zero-order chi connectivity index (χ0) is 16.5. The number of anilines is 1. The van der Waals surface area contributed by atoms with Gasteiger partial charge in [0.25, 0.3) is 5.91 Å². The van der Waals surface area contributed by atoms with E-state index in [1.54, 1.807) is 11.3 Å². The highest BCUT2D eigenvalue weighted by Gasteiger charge is 2.25. The molecule has 0 bridgehead atoms. The number of fused-ring (bicyclic) bond motifs is 1. The van der Waals surface area contributed by atoms with Crippen molar-refractivity contribution in [1.82, 2.24) is 4.90 Å². The fourth-order valence-electron chi connectivity index (χ4n) is 3.68. The summed E-state index contributed by atoms with van der Waals surface area (Å²) in [5.41, 5.74) is 3.97. The first kappa shape index (κ1) is 15.7. The summed E-state index contributed by atoms with van der Waals surface area (Å²) in [6.45, 7) is 5.57. The van der Waals surface area contributed by atoms with Crippen molar-refractivity contribution in [3.05, 3.63) is 51.2 Å². The van der Waals surface area contributed by atoms with Crippen LogP contribution in [-0.2, 0) is 12.8 Å². The van der Waals surface area contributed by atoms with E-state index >= 15 is 0 Å². The molecule has 4 rings (SSSR count). The number of aryl methyl sites for hydroxylation is 3. The summed E-state index contributed by atoms with van der Waals surface area (Å²) in [6.07, 6.45) is 4.86. The van der Waals surface area contributed by atoms with Crippen molar-refractivity contribution >= 4 is 22.9 Å². The molecule has 0 radical (unpaired) electrons. The average Bonchev–Trinajstić information content (AvgIpc) is 3.06. The quantitative estimate of drug-likeness (QED) is 0.828. The monoisotopic (exact) mass is 340 g/mol. The van der Waals surface area contributed by atoms with E-state index in [0.717, 1.165) is 43.9 Å². The molecule has 1 aliphatic carbocycles. The number of thiophene rings is 1. The Labute approximate surface area is 147 Å². The minimum absolute atomic E-state index is 0.234. The van der Waals surface area contributed by atoms with E-state index < -0.39 is 0 Å². The molecular weight excluding hydrogens is 316 g/mol. The molecule has 0 spiro atoms. The fraction of sp³-hybridized carbons (Fsp3) is 0.450. The van der Waals surface area contributed by atoms with Gasteiger partial charge in [-0.25, -0.2) is 0 Å². The van der Waals surface area contributed by atoms with E-state index in [1.807, 2.05) is 4.90 Å². The highest BCUT2D eigenvalue weighted by molar-refractivity contribution is 7.14. The zero-order valence-electron chi connectivity index (χ0n) is 14.3. The molecule has 0 N–H and O–H groups in total. The highest BCUT2D eigenvalue weighted by Crippen LogP contribution is 2.30. The van der Waals surface area contributed by atoms with Gasteiger partial charge in [-0.05, 0) is 56.4 Å². The van der Waals surface area contributed by atoms with Crippen LogP contribution in [0.15, 0.2) is 30.3 Å². The number of rotatable bonds is 2. The second-order valence-electron chi connectivity index (χ2n) is 6.88. The van der Waals surface area contributed by atoms with Crippen LogP contribution in [-0.4, -0.2) is 37.0 Å². The van der Waals surface area contributed by atoms with Gasteiger partial charge >= 0.3 is 0 Å². The van der Waals surface area contributed by atoms with Crippen molar-refractivity contribution in [2.45, 2.75) is 32.6 Å². The standard InChI is InChI=1S/C20H24N2OS/c1-15-6-8-17(9-7-15)21-10-12-22(13-11-21)20(23)19-14-16-4-2-3-5-18(16)24-19/h6-9,14H,2-5,10-13H2,1H3. The van der Waals surface area contributed by atoms with E-state index in [2.05, 4.69) is 42.2 Å². The second-order valence-corrected chi connectivity index (χ2v) is 8.02. The number of carbonyl (C=O) groups excluding carboxylic acids is 1. The van der Waals surface area contributed by atoms with Gasteiger partial charge in [0.05, 0.1) is 4.88 Å². The van der Waals surface area contributed by atoms with Gasteiger partial charge in [0.2, 0.25) is 0 Å². The van der Waals surface area contributed by atoms with Gasteiger partial charge in [-0.3, -0.25) is 4.79 Å². The third-order valence-electron chi connectivity index (χ3n) is 5.17. The Morgan fingerprint density at radius 1 is 1.00 bits per heavy atom. The zero-order valence-corrected chi connectivity index (χ0v) is 15.1. The lowest BCUT2D eigenvalue weighted by molar-refractivity contribution is 0.0751. The van der Waals surface area contributed by atoms with Crippen molar-refractivity contribution in [2.24, 2.45) is 0 Å². The van der Waals surface area contributed by atoms with Crippen molar-refractivity contribution < 1.29 is 4.79 Å². The van der Waals surface area contributed by atoms with Crippen molar-refractivity contribution in [3.8, 4) is 0 Å². The summed E-state index contributed by atoms with van der Waals surface area (Å²) >= 11 is 1.73. The Balaban J connectivity index is 1.41. The Kier molecular flexibility index (Phi) is 4.31. The van der Waals surface area contributed by atoms with Gasteiger partial charge in [-0.1, -0.05) is 17.7 Å². The number of piperazine rings is 1. The summed E-state index contributed by atoms with van der Waals surface area (Å²) < 4.78 is 0. The maximum atomic E-state index is 12.8. The smallest absolute Gasteiger partial charge is 0.264 e. The largest absolute Gasteiger partial charge is 0.368 e. The van der Waals surface area contributed by atoms with Gasteiger partial charge < -0.3 is 9.80 Å². The van der Waals surface area contributed by atoms with Crippen LogP contribution < -0.4 is 4.90 Å². The molecule has 1 fully saturated rings. The molecule has 1 aliphatic heterocycles. The Morgan fingerprint density at radius 3 is 2.42 bits per heavy atom. The summed E-state index contributed by atoms with van der Waals surface area (Å²) in [4.78, 5) is 19.6. The Bertz CT molecular complexity index is 703. The molecule has 0 unspecified atom stereocenters. The van der Waals surface area contributed by atoms with Crippen molar-refractivity contribution in [3.63, 3.8) is 0 Å². The lowest BCUT2D eigenvalue weighted by Gasteiger charge is -2.36. The predicted molar refractivity (Wildman–Crippen MR) is 100 cm³/mol. The number of amides is 1. The van der Waals surface area contributed by atoms with Crippen LogP contribution in [0.2, 0.25) is 0 Å². The summed E-state index contributed by atoms with van der Waals surface area (Å²) in [5, 5.41) is 0. The molecular formula is C20H24N2OS. The Hall–Kier alpha value is -1.81. The van der Waals surface area contributed by atoms with E-state index in [9.17, 15) is 4.79 Å². The third kappa shape index (κ3) is 3.07. The molecule has 4 heteroatoms. The van der Waals surface area contributed by atoms with Crippen molar-refractivity contribution in [1.29, 1.82) is 0 Å². The van der Waals surface area contributed by atoms with E-state index in [-0.39, 0.29) is 5.91 Å². The summed E-state index contributed by atoms with van der Waals surface area (Å²) in [5.74, 6) is 0.234. The lowest BCUT2D eigenvalue weighted by Crippen LogP contribution is -2.48. The van der Waals surface area contributed by atoms with Gasteiger partial charge in [0, 0.05) is 36.7 Å². The number of benzene rings is 1. The first-order valence-corrected chi connectivity index (χ1v) is 9.75. The maximum Gasteiger partial charge on any atom is 0.264 e. The van der Waals surface area contributed by atoms with Gasteiger partial charge in [-0.15, -0.1) is 11.3 Å². The van der Waals surface area contributed by atoms with Crippen LogP contribution in [0.5, 0.6) is 0 Å². The third-order valence-corrected chi connectivity index (χ3v) is 6.40. The van der Waals surface area contributed by atoms with E-state index in [4.69, 9.17) is 0 Å². The number of hydrogen-bond donors (Lipinski definition) is 0. The van der Waals surface area contributed by atoms with Gasteiger partial charge in [0.1, 0.15) is 0 Å². The molecule has 1 aromatic carbocycles.